The summed E-state index contributed by atoms with van der Waals surface area (Å²) in [6, 6.07) is 18.6. The molecule has 1 N–H and O–H groups in total. The number of piperazine rings is 1. The Balaban J connectivity index is 1.31. The van der Waals surface area contributed by atoms with Crippen LogP contribution in [0.1, 0.15) is 17.5 Å². The quantitative estimate of drug-likeness (QED) is 0.156. The number of aromatic nitrogens is 2. The molecule has 0 radical (unpaired) electrons. The molecular weight excluding hydrogens is 631 g/mol. The summed E-state index contributed by atoms with van der Waals surface area (Å²) in [7, 11) is 6.80. The Kier molecular flexibility index (Phi) is 12.6. The molecule has 1 saturated heterocycles. The third-order valence-electron chi connectivity index (χ3n) is 8.08. The number of amides is 1. The first-order chi connectivity index (χ1) is 23.9. The average Bonchev–Trinajstić information content (AvgIpc) is 3.11. The van der Waals surface area contributed by atoms with Gasteiger partial charge >= 0.3 is 6.09 Å². The smallest absolute Gasteiger partial charge is 0.421 e. The molecule has 12 nitrogen and oxygen atoms in total. The van der Waals surface area contributed by atoms with E-state index in [1.807, 2.05) is 12.1 Å². The van der Waals surface area contributed by atoms with Gasteiger partial charge in [0.25, 0.3) is 0 Å². The lowest BCUT2D eigenvalue weighted by molar-refractivity contribution is 0.145. The number of carbonyl (C=O) groups excluding carboxylic acids is 1. The topological polar surface area (TPSA) is 111 Å². The monoisotopic (exact) mass is 674 g/mol. The highest BCUT2D eigenvalue weighted by atomic mass is 19.1. The van der Waals surface area contributed by atoms with E-state index in [4.69, 9.17) is 23.7 Å². The van der Waals surface area contributed by atoms with Crippen LogP contribution < -0.4 is 29.2 Å². The van der Waals surface area contributed by atoms with Gasteiger partial charge < -0.3 is 38.8 Å². The van der Waals surface area contributed by atoms with Gasteiger partial charge in [0.15, 0.2) is 11.6 Å². The lowest BCUT2D eigenvalue weighted by Crippen LogP contribution is -2.44. The van der Waals surface area contributed by atoms with Gasteiger partial charge in [0, 0.05) is 68.9 Å². The second-order valence-corrected chi connectivity index (χ2v) is 11.5. The lowest BCUT2D eigenvalue weighted by atomic mass is 10.1. The first kappa shape index (κ1) is 35.3. The lowest BCUT2D eigenvalue weighted by Gasteiger charge is -2.32. The molecule has 0 spiro atoms. The Morgan fingerprint density at radius 1 is 0.918 bits per heavy atom. The number of rotatable bonds is 15. The minimum atomic E-state index is -0.696. The van der Waals surface area contributed by atoms with E-state index in [2.05, 4.69) is 32.1 Å². The number of halogens is 1. The van der Waals surface area contributed by atoms with Crippen LogP contribution in [0.3, 0.4) is 0 Å². The van der Waals surface area contributed by atoms with Crippen molar-refractivity contribution in [3.63, 3.8) is 0 Å². The van der Waals surface area contributed by atoms with Gasteiger partial charge in [-0.05, 0) is 55.9 Å². The first-order valence-corrected chi connectivity index (χ1v) is 16.1. The number of hydrogen-bond acceptors (Lipinski definition) is 11. The van der Waals surface area contributed by atoms with Crippen molar-refractivity contribution in [2.45, 2.75) is 19.6 Å². The number of carbonyl (C=O) groups is 1. The molecule has 1 fully saturated rings. The molecule has 260 valence electrons. The van der Waals surface area contributed by atoms with Crippen LogP contribution in [-0.2, 0) is 17.9 Å². The molecule has 0 saturated carbocycles. The predicted octanol–water partition coefficient (Wildman–Crippen LogP) is 5.74. The van der Waals surface area contributed by atoms with Crippen LogP contribution in [0, 0.1) is 5.82 Å². The van der Waals surface area contributed by atoms with E-state index in [-0.39, 0.29) is 30.7 Å². The molecule has 3 aromatic carbocycles. The van der Waals surface area contributed by atoms with Crippen LogP contribution >= 0.6 is 0 Å². The van der Waals surface area contributed by atoms with E-state index >= 15 is 4.39 Å². The standard InChI is InChI=1S/C36H43FN6O6/c1-41-17-19-42(20-18-41)16-7-21-48-33-12-10-28(23-30(33)37)39-35-38-15-14-34(40-35)43(24-27-22-29(46-3)11-13-31(27)47-4)36(44)49-32-9-6-5-8-26(32)25-45-2/h5-6,8-15,22-23H,7,16-21,24-25H2,1-4H3,(H,38,39,40). The summed E-state index contributed by atoms with van der Waals surface area (Å²) in [5, 5.41) is 3.03. The molecule has 2 heterocycles. The molecule has 0 atom stereocenters. The van der Waals surface area contributed by atoms with Crippen molar-refractivity contribution in [2.24, 2.45) is 0 Å². The zero-order chi connectivity index (χ0) is 34.6. The average molecular weight is 675 g/mol. The van der Waals surface area contributed by atoms with Gasteiger partial charge in [-0.1, -0.05) is 18.2 Å². The summed E-state index contributed by atoms with van der Waals surface area (Å²) in [6.45, 7) is 5.79. The van der Waals surface area contributed by atoms with Crippen LogP contribution in [0.2, 0.25) is 0 Å². The fourth-order valence-corrected chi connectivity index (χ4v) is 5.37. The second-order valence-electron chi connectivity index (χ2n) is 11.5. The van der Waals surface area contributed by atoms with Crippen molar-refractivity contribution < 1.29 is 32.9 Å². The number of benzene rings is 3. The van der Waals surface area contributed by atoms with E-state index in [9.17, 15) is 4.79 Å². The third-order valence-corrected chi connectivity index (χ3v) is 8.08. The van der Waals surface area contributed by atoms with E-state index in [1.54, 1.807) is 69.9 Å². The summed E-state index contributed by atoms with van der Waals surface area (Å²) in [6.07, 6.45) is 1.61. The molecule has 1 aliphatic rings. The van der Waals surface area contributed by atoms with E-state index < -0.39 is 11.9 Å². The zero-order valence-corrected chi connectivity index (χ0v) is 28.4. The molecule has 5 rings (SSSR count). The number of likely N-dealkylation sites (N-methyl/N-ethyl adjacent to an activating group) is 1. The van der Waals surface area contributed by atoms with Gasteiger partial charge in [-0.15, -0.1) is 0 Å². The number of hydrogen-bond donors (Lipinski definition) is 1. The maximum absolute atomic E-state index is 15.0. The van der Waals surface area contributed by atoms with Crippen LogP contribution in [0.5, 0.6) is 23.0 Å². The van der Waals surface area contributed by atoms with Crippen molar-refractivity contribution in [2.75, 3.05) is 77.9 Å². The third kappa shape index (κ3) is 9.78. The van der Waals surface area contributed by atoms with Crippen LogP contribution in [0.25, 0.3) is 0 Å². The molecule has 4 aromatic rings. The van der Waals surface area contributed by atoms with Gasteiger partial charge in [0.05, 0.1) is 34.0 Å². The second kappa shape index (κ2) is 17.4. The van der Waals surface area contributed by atoms with Crippen molar-refractivity contribution in [3.8, 4) is 23.0 Å². The summed E-state index contributed by atoms with van der Waals surface area (Å²) in [5.41, 5.74) is 1.77. The van der Waals surface area contributed by atoms with Crippen molar-refractivity contribution in [3.05, 3.63) is 89.9 Å². The Labute approximate surface area is 286 Å². The largest absolute Gasteiger partial charge is 0.497 e. The van der Waals surface area contributed by atoms with Gasteiger partial charge in [0.2, 0.25) is 5.95 Å². The highest BCUT2D eigenvalue weighted by Crippen LogP contribution is 2.29. The number of methoxy groups -OCH3 is 3. The highest BCUT2D eigenvalue weighted by molar-refractivity contribution is 5.88. The van der Waals surface area contributed by atoms with Gasteiger partial charge in [-0.3, -0.25) is 4.90 Å². The summed E-state index contributed by atoms with van der Waals surface area (Å²) in [4.78, 5) is 28.8. The van der Waals surface area contributed by atoms with Gasteiger partial charge in [-0.25, -0.2) is 14.2 Å². The van der Waals surface area contributed by atoms with Crippen molar-refractivity contribution in [1.29, 1.82) is 0 Å². The first-order valence-electron chi connectivity index (χ1n) is 16.1. The van der Waals surface area contributed by atoms with Crippen molar-refractivity contribution >= 4 is 23.5 Å². The number of nitrogens with one attached hydrogen (secondary N) is 1. The van der Waals surface area contributed by atoms with E-state index in [1.165, 1.54) is 17.2 Å². The molecule has 0 unspecified atom stereocenters. The molecular formula is C36H43FN6O6. The normalized spacial score (nSPS) is 13.5. The van der Waals surface area contributed by atoms with Gasteiger partial charge in [0.1, 0.15) is 23.1 Å². The van der Waals surface area contributed by atoms with Crippen LogP contribution in [0.15, 0.2) is 72.9 Å². The summed E-state index contributed by atoms with van der Waals surface area (Å²) >= 11 is 0. The van der Waals surface area contributed by atoms with E-state index in [0.29, 0.717) is 40.7 Å². The Hall–Kier alpha value is -4.98. The SMILES string of the molecule is COCc1ccccc1OC(=O)N(Cc1cc(OC)ccc1OC)c1ccnc(Nc2ccc(OCCCN3CCN(C)CC3)c(F)c2)n1. The fraction of sp³-hybridized carbons (Fsp3) is 0.361. The fourth-order valence-electron chi connectivity index (χ4n) is 5.37. The number of nitrogens with zero attached hydrogens (tertiary/aromatic N) is 5. The number of anilines is 3. The Morgan fingerprint density at radius 3 is 2.47 bits per heavy atom. The molecule has 1 amide bonds. The molecule has 13 heteroatoms. The predicted molar refractivity (Wildman–Crippen MR) is 185 cm³/mol. The maximum atomic E-state index is 15.0. The van der Waals surface area contributed by atoms with Crippen LogP contribution in [0.4, 0.5) is 26.6 Å². The zero-order valence-electron chi connectivity index (χ0n) is 28.4. The Morgan fingerprint density at radius 2 is 1.71 bits per heavy atom. The minimum absolute atomic E-state index is 0.0254. The van der Waals surface area contributed by atoms with Crippen molar-refractivity contribution in [1.82, 2.24) is 19.8 Å². The number of ether oxygens (including phenoxy) is 5. The molecule has 0 bridgehead atoms. The Bertz CT molecular complexity index is 1690. The number of para-hydroxylation sites is 1. The minimum Gasteiger partial charge on any atom is -0.497 e. The molecule has 49 heavy (non-hydrogen) atoms. The maximum Gasteiger partial charge on any atom is 0.421 e. The molecule has 1 aliphatic heterocycles. The van der Waals surface area contributed by atoms with Gasteiger partial charge in [-0.2, -0.15) is 4.98 Å². The highest BCUT2D eigenvalue weighted by Gasteiger charge is 2.24. The van der Waals surface area contributed by atoms with Crippen LogP contribution in [-0.4, -0.2) is 93.6 Å². The summed E-state index contributed by atoms with van der Waals surface area (Å²) in [5.74, 6) is 1.53. The van der Waals surface area contributed by atoms with E-state index in [0.717, 1.165) is 39.1 Å². The summed E-state index contributed by atoms with van der Waals surface area (Å²) < 4.78 is 42.9. The molecule has 0 aliphatic carbocycles. The molecule has 1 aromatic heterocycles.